The molecule has 3 heteroatoms. The molecule has 0 aromatic carbocycles. The van der Waals surface area contributed by atoms with E-state index in [9.17, 15) is 4.79 Å². The fraction of sp³-hybridized carbons (Fsp3) is 0.923. The van der Waals surface area contributed by atoms with Gasteiger partial charge in [-0.05, 0) is 25.2 Å². The van der Waals surface area contributed by atoms with E-state index in [4.69, 9.17) is 0 Å². The van der Waals surface area contributed by atoms with Gasteiger partial charge in [0, 0.05) is 25.0 Å². The Morgan fingerprint density at radius 2 is 2.00 bits per heavy atom. The Kier molecular flexibility index (Phi) is 5.81. The maximum Gasteiger partial charge on any atom is 0.222 e. The Balaban J connectivity index is 2.06. The zero-order chi connectivity index (χ0) is 12.0. The van der Waals surface area contributed by atoms with Crippen molar-refractivity contribution in [2.24, 2.45) is 11.8 Å². The highest BCUT2D eigenvalue weighted by Gasteiger charge is 2.29. The van der Waals surface area contributed by atoms with Crippen LogP contribution in [0.15, 0.2) is 0 Å². The summed E-state index contributed by atoms with van der Waals surface area (Å²) >= 11 is 0. The minimum Gasteiger partial charge on any atom is -0.355 e. The van der Waals surface area contributed by atoms with Crippen LogP contribution in [0.5, 0.6) is 0 Å². The van der Waals surface area contributed by atoms with Crippen molar-refractivity contribution in [2.75, 3.05) is 13.1 Å². The molecule has 1 unspecified atom stereocenters. The summed E-state index contributed by atoms with van der Waals surface area (Å²) in [5, 5.41) is 6.50. The highest BCUT2D eigenvalue weighted by atomic mass is 16.1. The van der Waals surface area contributed by atoms with Crippen molar-refractivity contribution in [1.82, 2.24) is 10.6 Å². The smallest absolute Gasteiger partial charge is 0.222 e. The van der Waals surface area contributed by atoms with Crippen LogP contribution in [0.1, 0.15) is 46.5 Å². The summed E-state index contributed by atoms with van der Waals surface area (Å²) in [4.78, 5) is 11.3. The first-order chi connectivity index (χ1) is 7.65. The highest BCUT2D eigenvalue weighted by molar-refractivity contribution is 5.77. The summed E-state index contributed by atoms with van der Waals surface area (Å²) in [7, 11) is 0. The predicted molar refractivity (Wildman–Crippen MR) is 67.3 cm³/mol. The van der Waals surface area contributed by atoms with E-state index in [-0.39, 0.29) is 11.8 Å². The van der Waals surface area contributed by atoms with Gasteiger partial charge in [-0.2, -0.15) is 0 Å². The van der Waals surface area contributed by atoms with Gasteiger partial charge in [0.25, 0.3) is 0 Å². The zero-order valence-corrected chi connectivity index (χ0v) is 10.9. The number of hydrogen-bond donors (Lipinski definition) is 2. The molecule has 0 bridgehead atoms. The summed E-state index contributed by atoms with van der Waals surface area (Å²) in [6.45, 7) is 7.74. The third kappa shape index (κ3) is 4.97. The van der Waals surface area contributed by atoms with E-state index in [1.807, 2.05) is 13.8 Å². The number of carbonyl (C=O) groups excluding carboxylic acids is 1. The molecule has 3 nitrogen and oxygen atoms in total. The molecule has 1 fully saturated rings. The Bertz CT molecular complexity index is 212. The first-order valence-electron chi connectivity index (χ1n) is 6.66. The second-order valence-corrected chi connectivity index (χ2v) is 5.13. The van der Waals surface area contributed by atoms with E-state index < -0.39 is 0 Å². The van der Waals surface area contributed by atoms with Crippen molar-refractivity contribution in [3.63, 3.8) is 0 Å². The number of amides is 1. The van der Waals surface area contributed by atoms with Crippen molar-refractivity contribution < 1.29 is 4.79 Å². The molecule has 2 N–H and O–H groups in total. The Labute approximate surface area is 99.4 Å². The summed E-state index contributed by atoms with van der Waals surface area (Å²) in [5.41, 5.74) is 0. The lowest BCUT2D eigenvalue weighted by Crippen LogP contribution is -2.39. The summed E-state index contributed by atoms with van der Waals surface area (Å²) in [6.07, 6.45) is 5.28. The van der Waals surface area contributed by atoms with E-state index in [0.29, 0.717) is 6.04 Å². The monoisotopic (exact) mass is 226 g/mol. The maximum absolute atomic E-state index is 11.3. The van der Waals surface area contributed by atoms with E-state index >= 15 is 0 Å². The SMILES string of the molecule is CCCC(NCCNC(=O)C(C)C)C1CC1. The predicted octanol–water partition coefficient (Wildman–Crippen LogP) is 1.93. The van der Waals surface area contributed by atoms with Gasteiger partial charge < -0.3 is 10.6 Å². The quantitative estimate of drug-likeness (QED) is 0.621. The largest absolute Gasteiger partial charge is 0.355 e. The normalized spacial score (nSPS) is 17.5. The molecule has 16 heavy (non-hydrogen) atoms. The number of nitrogens with one attached hydrogen (secondary N) is 2. The minimum atomic E-state index is 0.0925. The Morgan fingerprint density at radius 1 is 1.31 bits per heavy atom. The second-order valence-electron chi connectivity index (χ2n) is 5.13. The van der Waals surface area contributed by atoms with Crippen LogP contribution in [0, 0.1) is 11.8 Å². The van der Waals surface area contributed by atoms with Crippen LogP contribution in [0.4, 0.5) is 0 Å². The Hall–Kier alpha value is -0.570. The molecule has 1 saturated carbocycles. The molecule has 0 aromatic rings. The molecule has 1 aliphatic rings. The maximum atomic E-state index is 11.3. The van der Waals surface area contributed by atoms with E-state index in [1.54, 1.807) is 0 Å². The first kappa shape index (κ1) is 13.5. The van der Waals surface area contributed by atoms with Gasteiger partial charge in [0.1, 0.15) is 0 Å². The van der Waals surface area contributed by atoms with Gasteiger partial charge in [-0.3, -0.25) is 4.79 Å². The average molecular weight is 226 g/mol. The van der Waals surface area contributed by atoms with Gasteiger partial charge in [0.15, 0.2) is 0 Å². The van der Waals surface area contributed by atoms with E-state index in [1.165, 1.54) is 25.7 Å². The Morgan fingerprint density at radius 3 is 2.50 bits per heavy atom. The summed E-state index contributed by atoms with van der Waals surface area (Å²) < 4.78 is 0. The van der Waals surface area contributed by atoms with Crippen molar-refractivity contribution >= 4 is 5.91 Å². The molecular weight excluding hydrogens is 200 g/mol. The van der Waals surface area contributed by atoms with Gasteiger partial charge in [0.05, 0.1) is 0 Å². The van der Waals surface area contributed by atoms with Crippen molar-refractivity contribution in [3.05, 3.63) is 0 Å². The fourth-order valence-corrected chi connectivity index (χ4v) is 1.96. The van der Waals surface area contributed by atoms with Crippen LogP contribution in [-0.2, 0) is 4.79 Å². The summed E-state index contributed by atoms with van der Waals surface area (Å²) in [6, 6.07) is 0.681. The minimum absolute atomic E-state index is 0.0925. The standard InChI is InChI=1S/C13H26N2O/c1-4-5-12(11-6-7-11)14-8-9-15-13(16)10(2)3/h10-12,14H,4-9H2,1-3H3,(H,15,16). The third-order valence-corrected chi connectivity index (χ3v) is 3.15. The highest BCUT2D eigenvalue weighted by Crippen LogP contribution is 2.34. The van der Waals surface area contributed by atoms with Crippen LogP contribution in [0.2, 0.25) is 0 Å². The lowest BCUT2D eigenvalue weighted by Gasteiger charge is -2.17. The van der Waals surface area contributed by atoms with Crippen molar-refractivity contribution in [2.45, 2.75) is 52.5 Å². The second kappa shape index (κ2) is 6.89. The number of rotatable bonds is 8. The molecule has 0 aromatic heterocycles. The zero-order valence-electron chi connectivity index (χ0n) is 10.9. The molecule has 0 heterocycles. The molecule has 0 aliphatic heterocycles. The lowest BCUT2D eigenvalue weighted by molar-refractivity contribution is -0.123. The lowest BCUT2D eigenvalue weighted by atomic mass is 10.1. The molecule has 1 amide bonds. The first-order valence-corrected chi connectivity index (χ1v) is 6.66. The van der Waals surface area contributed by atoms with Crippen molar-refractivity contribution in [3.8, 4) is 0 Å². The fourth-order valence-electron chi connectivity index (χ4n) is 1.96. The molecule has 0 spiro atoms. The van der Waals surface area contributed by atoms with Gasteiger partial charge in [0.2, 0.25) is 5.91 Å². The van der Waals surface area contributed by atoms with Crippen LogP contribution < -0.4 is 10.6 Å². The topological polar surface area (TPSA) is 41.1 Å². The van der Waals surface area contributed by atoms with Gasteiger partial charge >= 0.3 is 0 Å². The van der Waals surface area contributed by atoms with Crippen LogP contribution in [0.25, 0.3) is 0 Å². The average Bonchev–Trinajstić information content (AvgIpc) is 3.05. The van der Waals surface area contributed by atoms with Gasteiger partial charge in [-0.1, -0.05) is 27.2 Å². The molecular formula is C13H26N2O. The van der Waals surface area contributed by atoms with E-state index in [2.05, 4.69) is 17.6 Å². The molecule has 1 aliphatic carbocycles. The summed E-state index contributed by atoms with van der Waals surface area (Å²) in [5.74, 6) is 1.15. The number of hydrogen-bond acceptors (Lipinski definition) is 2. The molecule has 0 saturated heterocycles. The van der Waals surface area contributed by atoms with Crippen LogP contribution in [0.3, 0.4) is 0 Å². The molecule has 94 valence electrons. The van der Waals surface area contributed by atoms with E-state index in [0.717, 1.165) is 19.0 Å². The van der Waals surface area contributed by atoms with Crippen molar-refractivity contribution in [1.29, 1.82) is 0 Å². The van der Waals surface area contributed by atoms with Gasteiger partial charge in [-0.25, -0.2) is 0 Å². The van der Waals surface area contributed by atoms with Crippen LogP contribution in [-0.4, -0.2) is 25.0 Å². The molecule has 1 atom stereocenters. The number of carbonyl (C=O) groups is 1. The third-order valence-electron chi connectivity index (χ3n) is 3.15. The van der Waals surface area contributed by atoms with Crippen LogP contribution >= 0.6 is 0 Å². The molecule has 0 radical (unpaired) electrons. The molecule has 1 rings (SSSR count). The van der Waals surface area contributed by atoms with Gasteiger partial charge in [-0.15, -0.1) is 0 Å².